The van der Waals surface area contributed by atoms with Gasteiger partial charge in [-0.2, -0.15) is 0 Å². The maximum absolute atomic E-state index is 6.63. The van der Waals surface area contributed by atoms with E-state index in [-0.39, 0.29) is 11.8 Å². The Hall–Kier alpha value is -3.84. The van der Waals surface area contributed by atoms with Crippen LogP contribution >= 0.6 is 0 Å². The van der Waals surface area contributed by atoms with Gasteiger partial charge in [-0.15, -0.1) is 0 Å². The molecule has 1 nitrogen and oxygen atoms in total. The summed E-state index contributed by atoms with van der Waals surface area (Å²) in [5.74, 6) is 2.04. The molecule has 0 unspecified atom stereocenters. The van der Waals surface area contributed by atoms with Crippen molar-refractivity contribution >= 4 is 0 Å². The fraction of sp³-hybridized carbons (Fsp3) is 0.0667. The molecule has 0 saturated carbocycles. The molecular formula is C30H24O. The molecule has 1 heteroatoms. The molecule has 5 rings (SSSR count). The highest BCUT2D eigenvalue weighted by Crippen LogP contribution is 2.38. The van der Waals surface area contributed by atoms with Crippen LogP contribution < -0.4 is 0 Å². The average molecular weight is 401 g/mol. The van der Waals surface area contributed by atoms with Crippen molar-refractivity contribution in [2.45, 2.75) is 11.8 Å². The highest BCUT2D eigenvalue weighted by molar-refractivity contribution is 5.43. The van der Waals surface area contributed by atoms with Crippen molar-refractivity contribution in [2.75, 3.05) is 0 Å². The second kappa shape index (κ2) is 8.89. The Bertz CT molecular complexity index is 1030. The van der Waals surface area contributed by atoms with Gasteiger partial charge in [0.1, 0.15) is 11.5 Å². The Kier molecular flexibility index (Phi) is 5.49. The van der Waals surface area contributed by atoms with E-state index in [4.69, 9.17) is 4.42 Å². The zero-order valence-electron chi connectivity index (χ0n) is 17.3. The van der Waals surface area contributed by atoms with E-state index in [1.54, 1.807) is 0 Å². The molecule has 150 valence electrons. The van der Waals surface area contributed by atoms with Crippen LogP contribution in [0.1, 0.15) is 45.6 Å². The Morgan fingerprint density at radius 3 is 0.839 bits per heavy atom. The monoisotopic (exact) mass is 400 g/mol. The molecular weight excluding hydrogens is 376 g/mol. The second-order valence-electron chi connectivity index (χ2n) is 7.75. The summed E-state index contributed by atoms with van der Waals surface area (Å²) >= 11 is 0. The summed E-state index contributed by atoms with van der Waals surface area (Å²) in [5.41, 5.74) is 4.91. The molecule has 0 fully saturated rings. The summed E-state index contributed by atoms with van der Waals surface area (Å²) in [5, 5.41) is 0. The van der Waals surface area contributed by atoms with Gasteiger partial charge >= 0.3 is 0 Å². The Labute approximate surface area is 183 Å². The lowest BCUT2D eigenvalue weighted by molar-refractivity contribution is 0.455. The summed E-state index contributed by atoms with van der Waals surface area (Å²) < 4.78 is 6.63. The number of rotatable bonds is 6. The third-order valence-corrected chi connectivity index (χ3v) is 5.75. The fourth-order valence-electron chi connectivity index (χ4n) is 4.30. The van der Waals surface area contributed by atoms with Crippen molar-refractivity contribution in [2.24, 2.45) is 0 Å². The van der Waals surface area contributed by atoms with Crippen molar-refractivity contribution in [3.05, 3.63) is 167 Å². The average Bonchev–Trinajstić information content (AvgIpc) is 3.31. The molecule has 0 saturated heterocycles. The zero-order chi connectivity index (χ0) is 20.9. The molecule has 0 radical (unpaired) electrons. The van der Waals surface area contributed by atoms with Gasteiger partial charge < -0.3 is 4.42 Å². The van der Waals surface area contributed by atoms with Crippen molar-refractivity contribution in [1.82, 2.24) is 0 Å². The highest BCUT2D eigenvalue weighted by Gasteiger charge is 2.24. The van der Waals surface area contributed by atoms with Crippen LogP contribution in [0.3, 0.4) is 0 Å². The van der Waals surface area contributed by atoms with Gasteiger partial charge in [0.2, 0.25) is 0 Å². The summed E-state index contributed by atoms with van der Waals surface area (Å²) in [4.78, 5) is 0. The largest absolute Gasteiger partial charge is 0.464 e. The standard InChI is InChI=1S/C30H24O/c1-5-13-23(14-6-1)29(24-15-7-2-8-16-24)27-21-22-28(31-27)30(25-17-9-3-10-18-25)26-19-11-4-12-20-26/h1-22,29-30H. The van der Waals surface area contributed by atoms with E-state index in [2.05, 4.69) is 133 Å². The smallest absolute Gasteiger partial charge is 0.116 e. The van der Waals surface area contributed by atoms with Crippen molar-refractivity contribution in [1.29, 1.82) is 0 Å². The topological polar surface area (TPSA) is 13.1 Å². The summed E-state index contributed by atoms with van der Waals surface area (Å²) in [6.07, 6.45) is 0. The summed E-state index contributed by atoms with van der Waals surface area (Å²) in [7, 11) is 0. The van der Waals surface area contributed by atoms with Gasteiger partial charge in [0, 0.05) is 0 Å². The van der Waals surface area contributed by atoms with Crippen LogP contribution in [0.2, 0.25) is 0 Å². The Morgan fingerprint density at radius 2 is 0.581 bits per heavy atom. The molecule has 0 aliphatic rings. The molecule has 0 N–H and O–H groups in total. The third kappa shape index (κ3) is 4.08. The minimum atomic E-state index is 0.0587. The first-order chi connectivity index (χ1) is 15.4. The molecule has 1 heterocycles. The first kappa shape index (κ1) is 19.1. The second-order valence-corrected chi connectivity index (χ2v) is 7.75. The van der Waals surface area contributed by atoms with E-state index in [9.17, 15) is 0 Å². The maximum atomic E-state index is 6.63. The van der Waals surface area contributed by atoms with Gasteiger partial charge in [0.15, 0.2) is 0 Å². The quantitative estimate of drug-likeness (QED) is 0.285. The van der Waals surface area contributed by atoms with E-state index in [0.29, 0.717) is 0 Å². The molecule has 0 bridgehead atoms. The first-order valence-corrected chi connectivity index (χ1v) is 10.7. The molecule has 0 aliphatic heterocycles. The van der Waals surface area contributed by atoms with Crippen LogP contribution in [-0.2, 0) is 0 Å². The van der Waals surface area contributed by atoms with Crippen LogP contribution in [0.15, 0.2) is 138 Å². The molecule has 1 aromatic heterocycles. The molecule has 0 amide bonds. The zero-order valence-corrected chi connectivity index (χ0v) is 17.3. The predicted molar refractivity (Wildman–Crippen MR) is 126 cm³/mol. The highest BCUT2D eigenvalue weighted by atomic mass is 16.3. The van der Waals surface area contributed by atoms with E-state index in [1.165, 1.54) is 22.3 Å². The van der Waals surface area contributed by atoms with E-state index in [0.717, 1.165) is 11.5 Å². The van der Waals surface area contributed by atoms with Gasteiger partial charge in [-0.1, -0.05) is 121 Å². The number of hydrogen-bond acceptors (Lipinski definition) is 1. The first-order valence-electron chi connectivity index (χ1n) is 10.7. The van der Waals surface area contributed by atoms with E-state index in [1.807, 2.05) is 0 Å². The number of benzene rings is 4. The summed E-state index contributed by atoms with van der Waals surface area (Å²) in [6, 6.07) is 46.6. The molecule has 31 heavy (non-hydrogen) atoms. The van der Waals surface area contributed by atoms with Gasteiger partial charge in [-0.25, -0.2) is 0 Å². The molecule has 5 aromatic rings. The van der Waals surface area contributed by atoms with E-state index >= 15 is 0 Å². The maximum Gasteiger partial charge on any atom is 0.116 e. The molecule has 0 aliphatic carbocycles. The third-order valence-electron chi connectivity index (χ3n) is 5.75. The lowest BCUT2D eigenvalue weighted by Crippen LogP contribution is -2.03. The lowest BCUT2D eigenvalue weighted by atomic mass is 9.89. The van der Waals surface area contributed by atoms with Crippen molar-refractivity contribution < 1.29 is 4.42 Å². The van der Waals surface area contributed by atoms with Crippen LogP contribution in [0.4, 0.5) is 0 Å². The molecule has 0 spiro atoms. The minimum absolute atomic E-state index is 0.0587. The predicted octanol–water partition coefficient (Wildman–Crippen LogP) is 7.64. The Morgan fingerprint density at radius 1 is 0.323 bits per heavy atom. The van der Waals surface area contributed by atoms with Gasteiger partial charge in [0.25, 0.3) is 0 Å². The van der Waals surface area contributed by atoms with Crippen LogP contribution in [0.25, 0.3) is 0 Å². The Balaban J connectivity index is 1.61. The van der Waals surface area contributed by atoms with E-state index < -0.39 is 0 Å². The lowest BCUT2D eigenvalue weighted by Gasteiger charge is -2.18. The van der Waals surface area contributed by atoms with Gasteiger partial charge in [-0.3, -0.25) is 0 Å². The minimum Gasteiger partial charge on any atom is -0.464 e. The van der Waals surface area contributed by atoms with Crippen LogP contribution in [0, 0.1) is 0 Å². The van der Waals surface area contributed by atoms with Gasteiger partial charge in [0.05, 0.1) is 11.8 Å². The fourth-order valence-corrected chi connectivity index (χ4v) is 4.30. The molecule has 0 atom stereocenters. The van der Waals surface area contributed by atoms with Crippen molar-refractivity contribution in [3.8, 4) is 0 Å². The SMILES string of the molecule is c1ccc(C(c2ccccc2)c2ccc(C(c3ccccc3)c3ccccc3)o2)cc1. The molecule has 4 aromatic carbocycles. The van der Waals surface area contributed by atoms with Crippen molar-refractivity contribution in [3.63, 3.8) is 0 Å². The number of hydrogen-bond donors (Lipinski definition) is 0. The van der Waals surface area contributed by atoms with Crippen LogP contribution in [0.5, 0.6) is 0 Å². The van der Waals surface area contributed by atoms with Crippen LogP contribution in [-0.4, -0.2) is 0 Å². The van der Waals surface area contributed by atoms with Gasteiger partial charge in [-0.05, 0) is 34.4 Å². The number of furan rings is 1. The normalized spacial score (nSPS) is 11.2. The summed E-state index contributed by atoms with van der Waals surface area (Å²) in [6.45, 7) is 0.